The van der Waals surface area contributed by atoms with Gasteiger partial charge >= 0.3 is 5.97 Å². The average Bonchev–Trinajstić information content (AvgIpc) is 2.23. The van der Waals surface area contributed by atoms with E-state index in [1.807, 2.05) is 6.92 Å². The summed E-state index contributed by atoms with van der Waals surface area (Å²) in [4.78, 5) is 11.9. The molecule has 1 aliphatic rings. The summed E-state index contributed by atoms with van der Waals surface area (Å²) in [7, 11) is 0. The number of esters is 1. The topological polar surface area (TPSA) is 38.3 Å². The summed E-state index contributed by atoms with van der Waals surface area (Å²) in [6, 6.07) is 0. The van der Waals surface area contributed by atoms with Crippen molar-refractivity contribution in [3.05, 3.63) is 0 Å². The van der Waals surface area contributed by atoms with E-state index < -0.39 is 0 Å². The van der Waals surface area contributed by atoms with Crippen LogP contribution in [0.5, 0.6) is 0 Å². The van der Waals surface area contributed by atoms with Crippen molar-refractivity contribution in [1.29, 1.82) is 0 Å². The van der Waals surface area contributed by atoms with Crippen molar-refractivity contribution < 1.29 is 9.53 Å². The Labute approximate surface area is 118 Å². The van der Waals surface area contributed by atoms with E-state index in [0.29, 0.717) is 24.4 Å². The van der Waals surface area contributed by atoms with Crippen LogP contribution < -0.4 is 5.32 Å². The van der Waals surface area contributed by atoms with Gasteiger partial charge in [-0.05, 0) is 50.5 Å². The van der Waals surface area contributed by atoms with E-state index in [4.69, 9.17) is 4.74 Å². The third-order valence-corrected chi connectivity index (χ3v) is 4.00. The second kappa shape index (κ2) is 6.74. The van der Waals surface area contributed by atoms with Crippen molar-refractivity contribution in [2.45, 2.75) is 72.3 Å². The predicted molar refractivity (Wildman–Crippen MR) is 79.1 cm³/mol. The van der Waals surface area contributed by atoms with Crippen LogP contribution in [0.4, 0.5) is 0 Å². The lowest BCUT2D eigenvalue weighted by atomic mass is 9.63. The Morgan fingerprint density at radius 3 is 2.53 bits per heavy atom. The summed E-state index contributed by atoms with van der Waals surface area (Å²) in [6.45, 7) is 12.4. The minimum absolute atomic E-state index is 0.0593. The maximum Gasteiger partial charge on any atom is 0.307 e. The fourth-order valence-corrected chi connectivity index (χ4v) is 3.95. The standard InChI is InChI=1S/C16H31NO2/c1-6-8-17-16(11-14(18)19-7-2)10-13(3)9-15(4,5)12-16/h13,17H,6-12H2,1-5H3. The second-order valence-electron chi connectivity index (χ2n) is 7.04. The molecule has 0 amide bonds. The number of carbonyl (C=O) groups is 1. The van der Waals surface area contributed by atoms with Gasteiger partial charge < -0.3 is 10.1 Å². The molecule has 0 aromatic rings. The van der Waals surface area contributed by atoms with Gasteiger partial charge in [0, 0.05) is 5.54 Å². The molecule has 2 unspecified atom stereocenters. The van der Waals surface area contributed by atoms with Gasteiger partial charge in [0.25, 0.3) is 0 Å². The quantitative estimate of drug-likeness (QED) is 0.750. The fraction of sp³-hybridized carbons (Fsp3) is 0.938. The van der Waals surface area contributed by atoms with E-state index in [1.165, 1.54) is 6.42 Å². The summed E-state index contributed by atoms with van der Waals surface area (Å²) in [5.74, 6) is 0.596. The normalized spacial score (nSPS) is 30.1. The van der Waals surface area contributed by atoms with Crippen molar-refractivity contribution in [3.63, 3.8) is 0 Å². The molecule has 19 heavy (non-hydrogen) atoms. The van der Waals surface area contributed by atoms with Gasteiger partial charge in [0.15, 0.2) is 0 Å². The van der Waals surface area contributed by atoms with Crippen LogP contribution in [0.15, 0.2) is 0 Å². The van der Waals surface area contributed by atoms with Gasteiger partial charge in [-0.2, -0.15) is 0 Å². The highest BCUT2D eigenvalue weighted by atomic mass is 16.5. The molecule has 0 aromatic carbocycles. The van der Waals surface area contributed by atoms with Crippen LogP contribution in [0.2, 0.25) is 0 Å². The van der Waals surface area contributed by atoms with Crippen LogP contribution in [0.25, 0.3) is 0 Å². The second-order valence-corrected chi connectivity index (χ2v) is 7.04. The molecular weight excluding hydrogens is 238 g/mol. The highest BCUT2D eigenvalue weighted by molar-refractivity contribution is 5.71. The van der Waals surface area contributed by atoms with Gasteiger partial charge in [-0.15, -0.1) is 0 Å². The zero-order valence-electron chi connectivity index (χ0n) is 13.3. The number of nitrogens with one attached hydrogen (secondary N) is 1. The molecule has 1 saturated carbocycles. The van der Waals surface area contributed by atoms with Crippen molar-refractivity contribution in [1.82, 2.24) is 5.32 Å². The van der Waals surface area contributed by atoms with Gasteiger partial charge in [0.05, 0.1) is 13.0 Å². The molecule has 0 bridgehead atoms. The lowest BCUT2D eigenvalue weighted by molar-refractivity contribution is -0.146. The minimum atomic E-state index is -0.0660. The zero-order valence-corrected chi connectivity index (χ0v) is 13.3. The van der Waals surface area contributed by atoms with Crippen molar-refractivity contribution >= 4 is 5.97 Å². The number of carbonyl (C=O) groups excluding carboxylic acids is 1. The molecule has 0 spiro atoms. The van der Waals surface area contributed by atoms with Crippen LogP contribution in [-0.2, 0) is 9.53 Å². The molecule has 1 aliphatic carbocycles. The molecule has 112 valence electrons. The van der Waals surface area contributed by atoms with Crippen molar-refractivity contribution in [3.8, 4) is 0 Å². The van der Waals surface area contributed by atoms with E-state index >= 15 is 0 Å². The average molecular weight is 269 g/mol. The van der Waals surface area contributed by atoms with Crippen LogP contribution in [0, 0.1) is 11.3 Å². The molecule has 1 rings (SSSR count). The number of hydrogen-bond donors (Lipinski definition) is 1. The Hall–Kier alpha value is -0.570. The number of hydrogen-bond acceptors (Lipinski definition) is 3. The monoisotopic (exact) mass is 269 g/mol. The van der Waals surface area contributed by atoms with E-state index in [0.717, 1.165) is 25.8 Å². The van der Waals surface area contributed by atoms with Crippen LogP contribution in [0.1, 0.15) is 66.7 Å². The van der Waals surface area contributed by atoms with Gasteiger partial charge in [-0.3, -0.25) is 4.79 Å². The number of rotatable bonds is 6. The molecule has 2 atom stereocenters. The van der Waals surface area contributed by atoms with E-state index in [9.17, 15) is 4.79 Å². The van der Waals surface area contributed by atoms with Crippen LogP contribution >= 0.6 is 0 Å². The highest BCUT2D eigenvalue weighted by Crippen LogP contribution is 2.45. The van der Waals surface area contributed by atoms with E-state index in [-0.39, 0.29) is 11.5 Å². The smallest absolute Gasteiger partial charge is 0.307 e. The zero-order chi connectivity index (χ0) is 14.5. The minimum Gasteiger partial charge on any atom is -0.466 e. The van der Waals surface area contributed by atoms with Crippen LogP contribution in [0.3, 0.4) is 0 Å². The van der Waals surface area contributed by atoms with Gasteiger partial charge in [-0.1, -0.05) is 27.7 Å². The maximum absolute atomic E-state index is 11.9. The van der Waals surface area contributed by atoms with Crippen LogP contribution in [-0.4, -0.2) is 24.7 Å². The molecule has 3 heteroatoms. The maximum atomic E-state index is 11.9. The third-order valence-electron chi connectivity index (χ3n) is 4.00. The van der Waals surface area contributed by atoms with Gasteiger partial charge in [-0.25, -0.2) is 0 Å². The Bertz CT molecular complexity index is 301. The first kappa shape index (κ1) is 16.5. The lowest BCUT2D eigenvalue weighted by Gasteiger charge is -2.48. The molecule has 1 fully saturated rings. The molecule has 1 N–H and O–H groups in total. The Morgan fingerprint density at radius 2 is 2.00 bits per heavy atom. The van der Waals surface area contributed by atoms with Gasteiger partial charge in [0.2, 0.25) is 0 Å². The fourth-order valence-electron chi connectivity index (χ4n) is 3.95. The Balaban J connectivity index is 2.82. The van der Waals surface area contributed by atoms with Crippen molar-refractivity contribution in [2.75, 3.05) is 13.2 Å². The Morgan fingerprint density at radius 1 is 1.32 bits per heavy atom. The molecule has 0 radical (unpaired) electrons. The summed E-state index contributed by atoms with van der Waals surface area (Å²) >= 11 is 0. The first-order valence-corrected chi connectivity index (χ1v) is 7.73. The van der Waals surface area contributed by atoms with E-state index in [1.54, 1.807) is 0 Å². The largest absolute Gasteiger partial charge is 0.466 e. The highest BCUT2D eigenvalue weighted by Gasteiger charge is 2.43. The first-order valence-electron chi connectivity index (χ1n) is 7.73. The molecule has 3 nitrogen and oxygen atoms in total. The van der Waals surface area contributed by atoms with Gasteiger partial charge in [0.1, 0.15) is 0 Å². The summed E-state index contributed by atoms with van der Waals surface area (Å²) < 4.78 is 5.17. The summed E-state index contributed by atoms with van der Waals surface area (Å²) in [5, 5.41) is 3.66. The molecule has 0 heterocycles. The Kier molecular flexibility index (Phi) is 5.84. The molecular formula is C16H31NO2. The summed E-state index contributed by atoms with van der Waals surface area (Å²) in [6.07, 6.45) is 4.98. The molecule has 0 saturated heterocycles. The molecule has 0 aliphatic heterocycles. The first-order chi connectivity index (χ1) is 8.82. The third kappa shape index (κ3) is 5.13. The number of ether oxygens (including phenoxy) is 1. The SMILES string of the molecule is CCCNC1(CC(=O)OCC)CC(C)CC(C)(C)C1. The van der Waals surface area contributed by atoms with E-state index in [2.05, 4.69) is 33.0 Å². The lowest BCUT2D eigenvalue weighted by Crippen LogP contribution is -2.54. The van der Waals surface area contributed by atoms with Crippen molar-refractivity contribution in [2.24, 2.45) is 11.3 Å². The molecule has 0 aromatic heterocycles. The summed E-state index contributed by atoms with van der Waals surface area (Å²) in [5.41, 5.74) is 0.230. The predicted octanol–water partition coefficient (Wildman–Crippen LogP) is 3.52.